The van der Waals surface area contributed by atoms with Crippen molar-refractivity contribution in [2.45, 2.75) is 19.4 Å². The van der Waals surface area contributed by atoms with Crippen molar-refractivity contribution < 1.29 is 29.3 Å². The largest absolute Gasteiger partial charge is 0.479 e. The van der Waals surface area contributed by atoms with Gasteiger partial charge in [-0.15, -0.1) is 0 Å². The minimum Gasteiger partial charge on any atom is -0.479 e. The SMILES string of the molecule is CCOC(=O)CNC(=O)NCCC(O)C(=O)O. The first kappa shape index (κ1) is 15.2. The molecule has 2 amide bonds. The molecule has 0 spiro atoms. The monoisotopic (exact) mass is 248 g/mol. The van der Waals surface area contributed by atoms with Gasteiger partial charge in [-0.3, -0.25) is 4.79 Å². The quantitative estimate of drug-likeness (QED) is 0.414. The second-order valence-corrected chi connectivity index (χ2v) is 3.06. The summed E-state index contributed by atoms with van der Waals surface area (Å²) in [5.41, 5.74) is 0. The number of aliphatic hydroxyl groups is 1. The minimum absolute atomic E-state index is 0.0118. The van der Waals surface area contributed by atoms with Gasteiger partial charge in [-0.1, -0.05) is 0 Å². The maximum absolute atomic E-state index is 11.0. The predicted molar refractivity (Wildman–Crippen MR) is 56.3 cm³/mol. The van der Waals surface area contributed by atoms with Gasteiger partial charge in [-0.05, 0) is 6.92 Å². The summed E-state index contributed by atoms with van der Waals surface area (Å²) in [4.78, 5) is 32.1. The van der Waals surface area contributed by atoms with E-state index < -0.39 is 24.1 Å². The molecule has 0 aliphatic carbocycles. The molecule has 17 heavy (non-hydrogen) atoms. The van der Waals surface area contributed by atoms with Gasteiger partial charge in [0.25, 0.3) is 0 Å². The number of ether oxygens (including phenoxy) is 1. The lowest BCUT2D eigenvalue weighted by Gasteiger charge is -2.08. The lowest BCUT2D eigenvalue weighted by Crippen LogP contribution is -2.40. The Morgan fingerprint density at radius 3 is 2.47 bits per heavy atom. The van der Waals surface area contributed by atoms with Crippen LogP contribution in [-0.4, -0.2) is 54.0 Å². The van der Waals surface area contributed by atoms with E-state index in [2.05, 4.69) is 15.4 Å². The topological polar surface area (TPSA) is 125 Å². The number of carboxylic acid groups (broad SMARTS) is 1. The maximum atomic E-state index is 11.0. The number of amides is 2. The summed E-state index contributed by atoms with van der Waals surface area (Å²) >= 11 is 0. The molecule has 4 N–H and O–H groups in total. The van der Waals surface area contributed by atoms with Crippen LogP contribution in [0.3, 0.4) is 0 Å². The number of esters is 1. The zero-order valence-electron chi connectivity index (χ0n) is 9.43. The molecule has 0 saturated heterocycles. The first-order valence-electron chi connectivity index (χ1n) is 5.05. The van der Waals surface area contributed by atoms with Crippen LogP contribution in [-0.2, 0) is 14.3 Å². The van der Waals surface area contributed by atoms with Crippen LogP contribution in [0.1, 0.15) is 13.3 Å². The Kier molecular flexibility index (Phi) is 7.44. The summed E-state index contributed by atoms with van der Waals surface area (Å²) in [6.07, 6.45) is -1.62. The van der Waals surface area contributed by atoms with Gasteiger partial charge < -0.3 is 25.6 Å². The number of urea groups is 1. The molecule has 0 aromatic carbocycles. The van der Waals surface area contributed by atoms with Crippen molar-refractivity contribution in [2.75, 3.05) is 19.7 Å². The molecule has 0 aromatic rings. The van der Waals surface area contributed by atoms with Crippen LogP contribution in [0.15, 0.2) is 0 Å². The van der Waals surface area contributed by atoms with E-state index in [9.17, 15) is 14.4 Å². The summed E-state index contributed by atoms with van der Waals surface area (Å²) in [7, 11) is 0. The van der Waals surface area contributed by atoms with Gasteiger partial charge in [0.1, 0.15) is 6.54 Å². The third-order valence-electron chi connectivity index (χ3n) is 1.69. The number of carbonyl (C=O) groups excluding carboxylic acids is 2. The van der Waals surface area contributed by atoms with Gasteiger partial charge in [0.2, 0.25) is 0 Å². The smallest absolute Gasteiger partial charge is 0.332 e. The highest BCUT2D eigenvalue weighted by Gasteiger charge is 2.13. The number of carboxylic acids is 1. The first-order chi connectivity index (χ1) is 7.97. The molecule has 0 aromatic heterocycles. The van der Waals surface area contributed by atoms with E-state index in [0.717, 1.165) is 0 Å². The number of hydrogen-bond acceptors (Lipinski definition) is 5. The minimum atomic E-state index is -1.51. The summed E-state index contributed by atoms with van der Waals surface area (Å²) < 4.78 is 4.57. The molecule has 0 radical (unpaired) electrons. The molecule has 0 bridgehead atoms. The molecular formula is C9H16N2O6. The fourth-order valence-corrected chi connectivity index (χ4v) is 0.873. The van der Waals surface area contributed by atoms with E-state index in [1.807, 2.05) is 0 Å². The number of aliphatic carboxylic acids is 1. The Balaban J connectivity index is 3.60. The zero-order chi connectivity index (χ0) is 13.3. The average Bonchev–Trinajstić information content (AvgIpc) is 2.26. The number of rotatable bonds is 7. The van der Waals surface area contributed by atoms with Gasteiger partial charge in [0, 0.05) is 13.0 Å². The highest BCUT2D eigenvalue weighted by molar-refractivity contribution is 5.80. The fourth-order valence-electron chi connectivity index (χ4n) is 0.873. The zero-order valence-corrected chi connectivity index (χ0v) is 9.43. The first-order valence-corrected chi connectivity index (χ1v) is 5.05. The Bertz CT molecular complexity index is 281. The van der Waals surface area contributed by atoms with Crippen molar-refractivity contribution in [1.29, 1.82) is 0 Å². The summed E-state index contributed by atoms with van der Waals surface area (Å²) in [6.45, 7) is 1.60. The van der Waals surface area contributed by atoms with Crippen molar-refractivity contribution >= 4 is 18.0 Å². The number of aliphatic hydroxyl groups excluding tert-OH is 1. The molecule has 8 heteroatoms. The van der Waals surface area contributed by atoms with E-state index in [-0.39, 0.29) is 26.1 Å². The maximum Gasteiger partial charge on any atom is 0.332 e. The van der Waals surface area contributed by atoms with E-state index in [1.54, 1.807) is 6.92 Å². The molecule has 8 nitrogen and oxygen atoms in total. The Labute approximate surface area is 97.9 Å². The molecule has 98 valence electrons. The number of nitrogens with one attached hydrogen (secondary N) is 2. The second-order valence-electron chi connectivity index (χ2n) is 3.06. The third-order valence-corrected chi connectivity index (χ3v) is 1.69. The molecule has 0 heterocycles. The Morgan fingerprint density at radius 2 is 1.94 bits per heavy atom. The standard InChI is InChI=1S/C9H16N2O6/c1-2-17-7(13)5-11-9(16)10-4-3-6(12)8(14)15/h6,12H,2-5H2,1H3,(H,14,15)(H2,10,11,16). The van der Waals surface area contributed by atoms with Crippen LogP contribution < -0.4 is 10.6 Å². The normalized spacial score (nSPS) is 11.4. The van der Waals surface area contributed by atoms with E-state index in [0.29, 0.717) is 0 Å². The Morgan fingerprint density at radius 1 is 1.29 bits per heavy atom. The van der Waals surface area contributed by atoms with Crippen molar-refractivity contribution in [1.82, 2.24) is 10.6 Å². The fraction of sp³-hybridized carbons (Fsp3) is 0.667. The molecular weight excluding hydrogens is 232 g/mol. The summed E-state index contributed by atoms with van der Waals surface area (Å²) in [5, 5.41) is 21.7. The Hall–Kier alpha value is -1.83. The van der Waals surface area contributed by atoms with Crippen LogP contribution >= 0.6 is 0 Å². The van der Waals surface area contributed by atoms with Crippen LogP contribution in [0.25, 0.3) is 0 Å². The average molecular weight is 248 g/mol. The van der Waals surface area contributed by atoms with Crippen LogP contribution in [0.5, 0.6) is 0 Å². The lowest BCUT2D eigenvalue weighted by atomic mass is 10.2. The van der Waals surface area contributed by atoms with Crippen molar-refractivity contribution in [3.05, 3.63) is 0 Å². The molecule has 0 fully saturated rings. The highest BCUT2D eigenvalue weighted by Crippen LogP contribution is 1.88. The molecule has 0 saturated carbocycles. The van der Waals surface area contributed by atoms with Crippen LogP contribution in [0.2, 0.25) is 0 Å². The van der Waals surface area contributed by atoms with Crippen molar-refractivity contribution in [3.8, 4) is 0 Å². The van der Waals surface area contributed by atoms with Crippen molar-refractivity contribution in [3.63, 3.8) is 0 Å². The number of hydrogen-bond donors (Lipinski definition) is 4. The third kappa shape index (κ3) is 8.03. The highest BCUT2D eigenvalue weighted by atomic mass is 16.5. The molecule has 0 aliphatic heterocycles. The summed E-state index contributed by atoms with van der Waals surface area (Å²) in [5.74, 6) is -1.91. The van der Waals surface area contributed by atoms with Gasteiger partial charge in [-0.2, -0.15) is 0 Å². The number of carbonyl (C=O) groups is 3. The van der Waals surface area contributed by atoms with Gasteiger partial charge in [-0.25, -0.2) is 9.59 Å². The molecule has 0 aliphatic rings. The van der Waals surface area contributed by atoms with Crippen LogP contribution in [0.4, 0.5) is 4.79 Å². The molecule has 1 atom stereocenters. The van der Waals surface area contributed by atoms with Crippen LogP contribution in [0, 0.1) is 0 Å². The van der Waals surface area contributed by atoms with E-state index >= 15 is 0 Å². The van der Waals surface area contributed by atoms with E-state index in [1.165, 1.54) is 0 Å². The molecule has 1 unspecified atom stereocenters. The van der Waals surface area contributed by atoms with Crippen molar-refractivity contribution in [2.24, 2.45) is 0 Å². The van der Waals surface area contributed by atoms with Gasteiger partial charge >= 0.3 is 18.0 Å². The van der Waals surface area contributed by atoms with Gasteiger partial charge in [0.15, 0.2) is 6.10 Å². The second kappa shape index (κ2) is 8.34. The predicted octanol–water partition coefficient (Wildman–Crippen LogP) is -1.32. The molecule has 0 rings (SSSR count). The lowest BCUT2D eigenvalue weighted by molar-refractivity contribution is -0.146. The van der Waals surface area contributed by atoms with Gasteiger partial charge in [0.05, 0.1) is 6.61 Å². The van der Waals surface area contributed by atoms with E-state index in [4.69, 9.17) is 10.2 Å². The summed E-state index contributed by atoms with van der Waals surface area (Å²) in [6, 6.07) is -0.629.